The summed E-state index contributed by atoms with van der Waals surface area (Å²) in [5.41, 5.74) is 2.13. The van der Waals surface area contributed by atoms with Gasteiger partial charge in [0.1, 0.15) is 0 Å². The van der Waals surface area contributed by atoms with Gasteiger partial charge in [0.05, 0.1) is 11.6 Å². The molecule has 0 saturated heterocycles. The van der Waals surface area contributed by atoms with E-state index in [-0.39, 0.29) is 6.10 Å². The summed E-state index contributed by atoms with van der Waals surface area (Å²) < 4.78 is 0. The van der Waals surface area contributed by atoms with Gasteiger partial charge in [-0.25, -0.2) is 0 Å². The second-order valence-corrected chi connectivity index (χ2v) is 4.94. The summed E-state index contributed by atoms with van der Waals surface area (Å²) in [5.74, 6) is 0.565. The van der Waals surface area contributed by atoms with E-state index in [4.69, 9.17) is 0 Å². The van der Waals surface area contributed by atoms with E-state index in [0.717, 1.165) is 24.1 Å². The summed E-state index contributed by atoms with van der Waals surface area (Å²) in [5, 5.41) is 11.0. The van der Waals surface area contributed by atoms with Crippen LogP contribution in [0, 0.1) is 5.92 Å². The lowest BCUT2D eigenvalue weighted by Gasteiger charge is -2.08. The Hall–Kier alpha value is -1.41. The van der Waals surface area contributed by atoms with Crippen molar-refractivity contribution in [3.63, 3.8) is 0 Å². The Labute approximate surface area is 101 Å². The lowest BCUT2D eigenvalue weighted by atomic mass is 10.1. The van der Waals surface area contributed by atoms with Crippen LogP contribution in [0.15, 0.2) is 36.4 Å². The predicted molar refractivity (Wildman–Crippen MR) is 68.8 cm³/mol. The number of aromatic nitrogens is 1. The van der Waals surface area contributed by atoms with Crippen molar-refractivity contribution < 1.29 is 5.11 Å². The number of fused-ring (bicyclic) bond motifs is 1. The zero-order valence-electron chi connectivity index (χ0n) is 9.84. The summed E-state index contributed by atoms with van der Waals surface area (Å²) in [4.78, 5) is 4.62. The Morgan fingerprint density at radius 2 is 2.00 bits per heavy atom. The van der Waals surface area contributed by atoms with E-state index in [2.05, 4.69) is 23.2 Å². The molecule has 1 N–H and O–H groups in total. The van der Waals surface area contributed by atoms with Crippen LogP contribution in [0.1, 0.15) is 25.0 Å². The van der Waals surface area contributed by atoms with E-state index in [1.54, 1.807) is 0 Å². The molecule has 1 atom stereocenters. The molecule has 88 valence electrons. The highest BCUT2D eigenvalue weighted by atomic mass is 16.3. The van der Waals surface area contributed by atoms with Crippen LogP contribution < -0.4 is 0 Å². The van der Waals surface area contributed by atoms with Crippen LogP contribution in [0.25, 0.3) is 10.9 Å². The van der Waals surface area contributed by atoms with Gasteiger partial charge in [0.15, 0.2) is 0 Å². The highest BCUT2D eigenvalue weighted by Crippen LogP contribution is 2.34. The fourth-order valence-corrected chi connectivity index (χ4v) is 2.26. The first-order valence-corrected chi connectivity index (χ1v) is 6.36. The molecule has 1 aliphatic rings. The first-order chi connectivity index (χ1) is 8.33. The monoisotopic (exact) mass is 227 g/mol. The fourth-order valence-electron chi connectivity index (χ4n) is 2.26. The summed E-state index contributed by atoms with van der Waals surface area (Å²) in [6, 6.07) is 12.3. The molecule has 1 fully saturated rings. The van der Waals surface area contributed by atoms with Crippen LogP contribution in [0.3, 0.4) is 0 Å². The summed E-state index contributed by atoms with van der Waals surface area (Å²) in [6.45, 7) is 0. The number of nitrogens with zero attached hydrogens (tertiary/aromatic N) is 1. The minimum atomic E-state index is -0.122. The normalized spacial score (nSPS) is 17.2. The zero-order valence-corrected chi connectivity index (χ0v) is 9.84. The number of aliphatic hydroxyl groups is 1. The van der Waals surface area contributed by atoms with Gasteiger partial charge in [-0.1, -0.05) is 24.3 Å². The lowest BCUT2D eigenvalue weighted by molar-refractivity contribution is 0.141. The summed E-state index contributed by atoms with van der Waals surface area (Å²) in [7, 11) is 0. The molecule has 1 aromatic heterocycles. The van der Waals surface area contributed by atoms with Crippen molar-refractivity contribution >= 4 is 10.9 Å². The number of pyridine rings is 1. The Morgan fingerprint density at radius 3 is 2.82 bits per heavy atom. The molecule has 2 heteroatoms. The van der Waals surface area contributed by atoms with E-state index < -0.39 is 0 Å². The van der Waals surface area contributed by atoms with E-state index in [1.807, 2.05) is 18.2 Å². The Morgan fingerprint density at radius 1 is 1.18 bits per heavy atom. The van der Waals surface area contributed by atoms with Gasteiger partial charge in [0, 0.05) is 11.1 Å². The third kappa shape index (κ3) is 2.47. The molecular formula is C15H17NO. The van der Waals surface area contributed by atoms with Crippen molar-refractivity contribution in [2.45, 2.75) is 31.8 Å². The maximum absolute atomic E-state index is 9.84. The molecule has 0 aliphatic heterocycles. The molecule has 17 heavy (non-hydrogen) atoms. The maximum Gasteiger partial charge on any atom is 0.0705 e. The maximum atomic E-state index is 9.84. The molecule has 0 radical (unpaired) electrons. The standard InChI is InChI=1S/C15H17NO/c17-15(12-5-6-12)10-9-13-8-7-11-3-1-2-4-14(11)16-13/h1-4,7-8,12,15,17H,5-6,9-10H2. The van der Waals surface area contributed by atoms with E-state index in [9.17, 15) is 5.11 Å². The van der Waals surface area contributed by atoms with Crippen molar-refractivity contribution in [1.82, 2.24) is 4.98 Å². The molecule has 2 nitrogen and oxygen atoms in total. The van der Waals surface area contributed by atoms with Crippen LogP contribution in [-0.4, -0.2) is 16.2 Å². The molecule has 3 rings (SSSR count). The van der Waals surface area contributed by atoms with Gasteiger partial charge in [-0.05, 0) is 43.7 Å². The van der Waals surface area contributed by atoms with Crippen molar-refractivity contribution in [2.75, 3.05) is 0 Å². The quantitative estimate of drug-likeness (QED) is 0.871. The van der Waals surface area contributed by atoms with E-state index >= 15 is 0 Å². The highest BCUT2D eigenvalue weighted by molar-refractivity contribution is 5.78. The van der Waals surface area contributed by atoms with Gasteiger partial charge in [-0.2, -0.15) is 0 Å². The van der Waals surface area contributed by atoms with Gasteiger partial charge >= 0.3 is 0 Å². The molecule has 1 saturated carbocycles. The van der Waals surface area contributed by atoms with Crippen molar-refractivity contribution in [3.8, 4) is 0 Å². The second kappa shape index (κ2) is 4.46. The number of aliphatic hydroxyl groups excluding tert-OH is 1. The molecule has 0 amide bonds. The third-order valence-electron chi connectivity index (χ3n) is 3.52. The summed E-state index contributed by atoms with van der Waals surface area (Å²) in [6.07, 6.45) is 4.00. The number of rotatable bonds is 4. The highest BCUT2D eigenvalue weighted by Gasteiger charge is 2.29. The minimum absolute atomic E-state index is 0.122. The lowest BCUT2D eigenvalue weighted by Crippen LogP contribution is -2.10. The van der Waals surface area contributed by atoms with Crippen molar-refractivity contribution in [1.29, 1.82) is 0 Å². The van der Waals surface area contributed by atoms with Crippen molar-refractivity contribution in [2.24, 2.45) is 5.92 Å². The molecule has 1 aromatic carbocycles. The number of hydrogen-bond donors (Lipinski definition) is 1. The van der Waals surface area contributed by atoms with Crippen LogP contribution in [-0.2, 0) is 6.42 Å². The Bertz CT molecular complexity index is 519. The van der Waals surface area contributed by atoms with Crippen LogP contribution in [0.4, 0.5) is 0 Å². The first-order valence-electron chi connectivity index (χ1n) is 6.36. The number of benzene rings is 1. The number of para-hydroxylation sites is 1. The first kappa shape index (κ1) is 10.7. The predicted octanol–water partition coefficient (Wildman–Crippen LogP) is 2.94. The number of aryl methyl sites for hydroxylation is 1. The van der Waals surface area contributed by atoms with Crippen LogP contribution in [0.2, 0.25) is 0 Å². The molecule has 0 spiro atoms. The smallest absolute Gasteiger partial charge is 0.0705 e. The van der Waals surface area contributed by atoms with Gasteiger partial charge in [-0.15, -0.1) is 0 Å². The van der Waals surface area contributed by atoms with E-state index in [0.29, 0.717) is 5.92 Å². The summed E-state index contributed by atoms with van der Waals surface area (Å²) >= 11 is 0. The molecule has 1 aliphatic carbocycles. The van der Waals surface area contributed by atoms with Gasteiger partial charge in [-0.3, -0.25) is 4.98 Å². The third-order valence-corrected chi connectivity index (χ3v) is 3.52. The Balaban J connectivity index is 1.71. The molecular weight excluding hydrogens is 210 g/mol. The molecule has 2 aromatic rings. The van der Waals surface area contributed by atoms with Gasteiger partial charge in [0.2, 0.25) is 0 Å². The second-order valence-electron chi connectivity index (χ2n) is 4.94. The van der Waals surface area contributed by atoms with E-state index in [1.165, 1.54) is 18.2 Å². The Kier molecular flexibility index (Phi) is 2.81. The molecule has 0 bridgehead atoms. The topological polar surface area (TPSA) is 33.1 Å². The largest absolute Gasteiger partial charge is 0.393 e. The zero-order chi connectivity index (χ0) is 11.7. The minimum Gasteiger partial charge on any atom is -0.393 e. The van der Waals surface area contributed by atoms with Gasteiger partial charge < -0.3 is 5.11 Å². The van der Waals surface area contributed by atoms with Crippen molar-refractivity contribution in [3.05, 3.63) is 42.1 Å². The van der Waals surface area contributed by atoms with Gasteiger partial charge in [0.25, 0.3) is 0 Å². The van der Waals surface area contributed by atoms with Crippen LogP contribution in [0.5, 0.6) is 0 Å². The SMILES string of the molecule is OC(CCc1ccc2ccccc2n1)C1CC1. The van der Waals surface area contributed by atoms with Crippen LogP contribution >= 0.6 is 0 Å². The average molecular weight is 227 g/mol. The molecule has 1 unspecified atom stereocenters. The number of hydrogen-bond acceptors (Lipinski definition) is 2. The average Bonchev–Trinajstić information content (AvgIpc) is 3.20. The fraction of sp³-hybridized carbons (Fsp3) is 0.400. The molecule has 1 heterocycles.